The molecule has 5 heteroatoms. The average Bonchev–Trinajstić information content (AvgIpc) is 2.21. The van der Waals surface area contributed by atoms with E-state index in [2.05, 4.69) is 0 Å². The van der Waals surface area contributed by atoms with Gasteiger partial charge in [-0.1, -0.05) is 11.6 Å². The van der Waals surface area contributed by atoms with Gasteiger partial charge in [0.05, 0.1) is 0 Å². The van der Waals surface area contributed by atoms with Crippen LogP contribution in [0.5, 0.6) is 5.75 Å². The van der Waals surface area contributed by atoms with Gasteiger partial charge in [0.2, 0.25) is 0 Å². The van der Waals surface area contributed by atoms with E-state index in [4.69, 9.17) is 21.4 Å². The number of Topliss-reactive ketones (excluding diaryl/α,β-unsaturated/α-hetero) is 1. The zero-order chi connectivity index (χ0) is 14.3. The normalized spacial score (nSPS) is 10.9. The fourth-order valence-corrected chi connectivity index (χ4v) is 1.21. The topological polar surface area (TPSA) is 63.6 Å². The van der Waals surface area contributed by atoms with Crippen LogP contribution in [0.25, 0.3) is 0 Å². The second-order valence-corrected chi connectivity index (χ2v) is 4.35. The summed E-state index contributed by atoms with van der Waals surface area (Å²) in [6.45, 7) is 6.35. The summed E-state index contributed by atoms with van der Waals surface area (Å²) >= 11 is 5.74. The maximum atomic E-state index is 10.5. The number of rotatable bonds is 3. The fourth-order valence-electron chi connectivity index (χ4n) is 0.986. The lowest BCUT2D eigenvalue weighted by molar-refractivity contribution is -0.144. The van der Waals surface area contributed by atoms with Gasteiger partial charge in [0.25, 0.3) is 0 Å². The molecule has 0 aliphatic heterocycles. The largest absolute Gasteiger partial charge is 0.479 e. The summed E-state index contributed by atoms with van der Waals surface area (Å²) in [7, 11) is 0. The zero-order valence-electron chi connectivity index (χ0n) is 10.9. The zero-order valence-corrected chi connectivity index (χ0v) is 11.6. The van der Waals surface area contributed by atoms with Crippen LogP contribution in [0.4, 0.5) is 0 Å². The quantitative estimate of drug-likeness (QED) is 0.918. The molecular weight excluding hydrogens is 256 g/mol. The Bertz CT molecular complexity index is 425. The number of hydrogen-bond acceptors (Lipinski definition) is 3. The van der Waals surface area contributed by atoms with Crippen molar-refractivity contribution in [2.75, 3.05) is 0 Å². The molecule has 0 saturated carbocycles. The molecule has 1 aromatic rings. The van der Waals surface area contributed by atoms with E-state index in [9.17, 15) is 9.59 Å². The molecule has 0 heterocycles. The summed E-state index contributed by atoms with van der Waals surface area (Å²) in [6.07, 6.45) is -0.852. The van der Waals surface area contributed by atoms with Gasteiger partial charge in [-0.2, -0.15) is 0 Å². The lowest BCUT2D eigenvalue weighted by atomic mass is 10.2. The summed E-state index contributed by atoms with van der Waals surface area (Å²) in [5.74, 6) is -0.274. The minimum Gasteiger partial charge on any atom is -0.479 e. The number of halogens is 1. The number of hydrogen-bond donors (Lipinski definition) is 1. The van der Waals surface area contributed by atoms with Crippen molar-refractivity contribution in [3.8, 4) is 5.75 Å². The summed E-state index contributed by atoms with van der Waals surface area (Å²) in [5.41, 5.74) is 0.825. The van der Waals surface area contributed by atoms with Gasteiger partial charge in [-0.25, -0.2) is 4.79 Å². The predicted molar refractivity (Wildman–Crippen MR) is 70.3 cm³/mol. The number of benzene rings is 1. The van der Waals surface area contributed by atoms with Crippen molar-refractivity contribution in [2.24, 2.45) is 0 Å². The molecule has 0 aliphatic rings. The van der Waals surface area contributed by atoms with E-state index >= 15 is 0 Å². The Morgan fingerprint density at radius 1 is 1.33 bits per heavy atom. The number of carbonyl (C=O) groups is 2. The van der Waals surface area contributed by atoms with Crippen molar-refractivity contribution in [2.45, 2.75) is 33.8 Å². The van der Waals surface area contributed by atoms with Crippen molar-refractivity contribution in [1.29, 1.82) is 0 Å². The molecule has 0 aromatic heterocycles. The summed E-state index contributed by atoms with van der Waals surface area (Å²) < 4.78 is 5.20. The Balaban J connectivity index is 0.000000631. The van der Waals surface area contributed by atoms with Crippen LogP contribution in [0.15, 0.2) is 18.2 Å². The van der Waals surface area contributed by atoms with E-state index in [1.807, 2.05) is 6.92 Å². The number of carboxylic acid groups (broad SMARTS) is 1. The van der Waals surface area contributed by atoms with Crippen LogP contribution in [0.3, 0.4) is 0 Å². The van der Waals surface area contributed by atoms with Crippen molar-refractivity contribution >= 4 is 23.4 Å². The lowest BCUT2D eigenvalue weighted by Crippen LogP contribution is -2.23. The molecule has 0 aliphatic carbocycles. The molecule has 0 spiro atoms. The Morgan fingerprint density at radius 2 is 1.83 bits per heavy atom. The van der Waals surface area contributed by atoms with E-state index < -0.39 is 12.1 Å². The molecule has 0 saturated heterocycles. The Hall–Kier alpha value is -1.55. The van der Waals surface area contributed by atoms with Gasteiger partial charge < -0.3 is 14.6 Å². The Kier molecular flexibility index (Phi) is 7.05. The minimum atomic E-state index is -0.987. The molecule has 18 heavy (non-hydrogen) atoms. The molecule has 0 bridgehead atoms. The minimum absolute atomic E-state index is 0.167. The maximum absolute atomic E-state index is 10.5. The van der Waals surface area contributed by atoms with Crippen LogP contribution in [0, 0.1) is 6.92 Å². The third kappa shape index (κ3) is 6.91. The Morgan fingerprint density at radius 3 is 2.22 bits per heavy atom. The van der Waals surface area contributed by atoms with Crippen molar-refractivity contribution in [3.63, 3.8) is 0 Å². The molecule has 0 amide bonds. The van der Waals surface area contributed by atoms with Crippen LogP contribution in [-0.2, 0) is 9.59 Å². The number of ketones is 1. The first-order valence-corrected chi connectivity index (χ1v) is 5.74. The number of carbonyl (C=O) groups excluding carboxylic acids is 1. The van der Waals surface area contributed by atoms with Gasteiger partial charge in [-0.15, -0.1) is 0 Å². The molecule has 1 N–H and O–H groups in total. The summed E-state index contributed by atoms with van der Waals surface area (Å²) in [5, 5.41) is 9.25. The molecule has 100 valence electrons. The van der Waals surface area contributed by atoms with Gasteiger partial charge in [-0.3, -0.25) is 0 Å². The molecule has 0 radical (unpaired) electrons. The summed E-state index contributed by atoms with van der Waals surface area (Å²) in [4.78, 5) is 20.0. The van der Waals surface area contributed by atoms with E-state index in [1.165, 1.54) is 20.8 Å². The van der Waals surface area contributed by atoms with Gasteiger partial charge >= 0.3 is 5.97 Å². The molecule has 1 atom stereocenters. The van der Waals surface area contributed by atoms with Crippen LogP contribution in [-0.4, -0.2) is 23.0 Å². The van der Waals surface area contributed by atoms with E-state index in [0.29, 0.717) is 10.8 Å². The molecule has 4 nitrogen and oxygen atoms in total. The lowest BCUT2D eigenvalue weighted by Gasteiger charge is -2.12. The maximum Gasteiger partial charge on any atom is 0.344 e. The van der Waals surface area contributed by atoms with Crippen molar-refractivity contribution < 1.29 is 19.4 Å². The van der Waals surface area contributed by atoms with Crippen molar-refractivity contribution in [3.05, 3.63) is 28.8 Å². The van der Waals surface area contributed by atoms with Gasteiger partial charge in [0.1, 0.15) is 11.5 Å². The SMILES string of the molecule is CC(C)=O.Cc1cc(Cl)ccc1OC(C)C(=O)O. The fraction of sp³-hybridized carbons (Fsp3) is 0.385. The van der Waals surface area contributed by atoms with Gasteiger partial charge in [-0.05, 0) is 51.5 Å². The highest BCUT2D eigenvalue weighted by Crippen LogP contribution is 2.22. The van der Waals surface area contributed by atoms with Gasteiger partial charge in [0, 0.05) is 5.02 Å². The monoisotopic (exact) mass is 272 g/mol. The molecular formula is C13H17ClO4. The molecule has 1 aromatic carbocycles. The molecule has 1 unspecified atom stereocenters. The van der Waals surface area contributed by atoms with E-state index in [0.717, 1.165) is 5.56 Å². The number of carboxylic acids is 1. The van der Waals surface area contributed by atoms with Crippen LogP contribution in [0.1, 0.15) is 26.3 Å². The summed E-state index contributed by atoms with van der Waals surface area (Å²) in [6, 6.07) is 5.06. The van der Waals surface area contributed by atoms with Crippen LogP contribution < -0.4 is 4.74 Å². The number of ether oxygens (including phenoxy) is 1. The van der Waals surface area contributed by atoms with Crippen LogP contribution in [0.2, 0.25) is 5.02 Å². The molecule has 0 fully saturated rings. The third-order valence-corrected chi connectivity index (χ3v) is 2.02. The smallest absolute Gasteiger partial charge is 0.344 e. The Labute approximate surface area is 112 Å². The molecule has 1 rings (SSSR count). The third-order valence-electron chi connectivity index (χ3n) is 1.79. The first-order valence-electron chi connectivity index (χ1n) is 5.36. The van der Waals surface area contributed by atoms with E-state index in [-0.39, 0.29) is 5.78 Å². The second kappa shape index (κ2) is 7.71. The highest BCUT2D eigenvalue weighted by atomic mass is 35.5. The predicted octanol–water partition coefficient (Wildman–Crippen LogP) is 3.10. The highest BCUT2D eigenvalue weighted by Gasteiger charge is 2.13. The van der Waals surface area contributed by atoms with Crippen LogP contribution >= 0.6 is 11.6 Å². The average molecular weight is 273 g/mol. The highest BCUT2D eigenvalue weighted by molar-refractivity contribution is 6.30. The standard InChI is InChI=1S/C10H11ClO3.C3H6O/c1-6-5-8(11)3-4-9(6)14-7(2)10(12)13;1-3(2)4/h3-5,7H,1-2H3,(H,12,13);1-2H3. The van der Waals surface area contributed by atoms with Gasteiger partial charge in [0.15, 0.2) is 6.10 Å². The second-order valence-electron chi connectivity index (χ2n) is 3.92. The first-order chi connectivity index (χ1) is 8.23. The van der Waals surface area contributed by atoms with E-state index in [1.54, 1.807) is 18.2 Å². The van der Waals surface area contributed by atoms with Crippen molar-refractivity contribution in [1.82, 2.24) is 0 Å². The number of aliphatic carboxylic acids is 1. The first kappa shape index (κ1) is 16.4. The number of aryl methyl sites for hydroxylation is 1.